The summed E-state index contributed by atoms with van der Waals surface area (Å²) < 4.78 is 4.83. The molecule has 2 rings (SSSR count). The van der Waals surface area contributed by atoms with Crippen LogP contribution in [0.15, 0.2) is 0 Å². The molecule has 2 aliphatic rings. The average Bonchev–Trinajstić information content (AvgIpc) is 2.42. The summed E-state index contributed by atoms with van der Waals surface area (Å²) >= 11 is 0. The fourth-order valence-electron chi connectivity index (χ4n) is 1.42. The summed E-state index contributed by atoms with van der Waals surface area (Å²) in [5.74, 6) is 0. The molecule has 0 amide bonds. The van der Waals surface area contributed by atoms with Gasteiger partial charge in [-0.2, -0.15) is 0 Å². The normalized spacial score (nSPS) is 53.4. The monoisotopic (exact) mass is 145 g/mol. The number of aliphatic hydroxyl groups excluding tert-OH is 2. The van der Waals surface area contributed by atoms with E-state index in [2.05, 4.69) is 5.32 Å². The summed E-state index contributed by atoms with van der Waals surface area (Å²) in [6.07, 6.45) is 0.585. The lowest BCUT2D eigenvalue weighted by molar-refractivity contribution is 0.149. The van der Waals surface area contributed by atoms with Crippen molar-refractivity contribution in [1.29, 1.82) is 0 Å². The van der Waals surface area contributed by atoms with Crippen LogP contribution in [0, 0.1) is 0 Å². The summed E-state index contributed by atoms with van der Waals surface area (Å²) in [6, 6.07) is 0.157. The summed E-state index contributed by atoms with van der Waals surface area (Å²) in [5.41, 5.74) is 0. The first kappa shape index (κ1) is 6.54. The number of hydrogen-bond donors (Lipinski definition) is 3. The summed E-state index contributed by atoms with van der Waals surface area (Å²) in [5, 5.41) is 20.8. The van der Waals surface area contributed by atoms with Crippen LogP contribution in [0.25, 0.3) is 0 Å². The van der Waals surface area contributed by atoms with Crippen molar-refractivity contribution in [2.45, 2.75) is 37.5 Å². The predicted octanol–water partition coefficient (Wildman–Crippen LogP) is -1.23. The molecule has 2 aliphatic heterocycles. The molecule has 2 fully saturated rings. The van der Waals surface area contributed by atoms with Crippen molar-refractivity contribution < 1.29 is 14.9 Å². The lowest BCUT2D eigenvalue weighted by Gasteiger charge is -2.05. The Labute approximate surface area is 58.8 Å². The molecular formula is C6H11NO3. The van der Waals surface area contributed by atoms with Gasteiger partial charge in [-0.15, -0.1) is 0 Å². The van der Waals surface area contributed by atoms with Gasteiger partial charge in [0.25, 0.3) is 0 Å². The minimum absolute atomic E-state index is 0.0721. The van der Waals surface area contributed by atoms with Crippen LogP contribution >= 0.6 is 0 Å². The number of aliphatic hydroxyl groups is 2. The molecule has 0 aliphatic carbocycles. The standard InChI is InChI=1S/C6H11NO3/c8-4-2-1-3(7-4)5-6(9)10-5/h3-9H,1-2H2. The maximum absolute atomic E-state index is 9.01. The highest BCUT2D eigenvalue weighted by Gasteiger charge is 2.45. The second-order valence-corrected chi connectivity index (χ2v) is 2.86. The van der Waals surface area contributed by atoms with Crippen molar-refractivity contribution in [2.75, 3.05) is 0 Å². The first-order valence-corrected chi connectivity index (χ1v) is 3.55. The molecule has 10 heavy (non-hydrogen) atoms. The molecule has 0 aromatic carbocycles. The Bertz CT molecular complexity index is 141. The van der Waals surface area contributed by atoms with Crippen molar-refractivity contribution in [1.82, 2.24) is 5.32 Å². The number of hydrogen-bond acceptors (Lipinski definition) is 4. The van der Waals surface area contributed by atoms with Crippen LogP contribution in [0.4, 0.5) is 0 Å². The Kier molecular flexibility index (Phi) is 1.42. The van der Waals surface area contributed by atoms with Crippen LogP contribution in [0.3, 0.4) is 0 Å². The van der Waals surface area contributed by atoms with Crippen LogP contribution in [-0.4, -0.2) is 34.9 Å². The first-order valence-electron chi connectivity index (χ1n) is 3.55. The average molecular weight is 145 g/mol. The summed E-state index contributed by atoms with van der Waals surface area (Å²) in [7, 11) is 0. The van der Waals surface area contributed by atoms with E-state index >= 15 is 0 Å². The molecule has 3 N–H and O–H groups in total. The van der Waals surface area contributed by atoms with E-state index in [0.717, 1.165) is 12.8 Å². The molecule has 2 heterocycles. The van der Waals surface area contributed by atoms with Gasteiger partial charge in [-0.3, -0.25) is 5.32 Å². The molecule has 58 valence electrons. The number of epoxide rings is 1. The lowest BCUT2D eigenvalue weighted by Crippen LogP contribution is -2.33. The molecular weight excluding hydrogens is 134 g/mol. The van der Waals surface area contributed by atoms with Crippen molar-refractivity contribution >= 4 is 0 Å². The number of rotatable bonds is 1. The number of nitrogens with one attached hydrogen (secondary N) is 1. The van der Waals surface area contributed by atoms with Gasteiger partial charge in [0.15, 0.2) is 6.29 Å². The van der Waals surface area contributed by atoms with E-state index in [9.17, 15) is 0 Å². The molecule has 0 aromatic heterocycles. The van der Waals surface area contributed by atoms with Gasteiger partial charge in [-0.05, 0) is 12.8 Å². The van der Waals surface area contributed by atoms with Crippen molar-refractivity contribution in [3.05, 3.63) is 0 Å². The van der Waals surface area contributed by atoms with E-state index in [0.29, 0.717) is 0 Å². The topological polar surface area (TPSA) is 65.0 Å². The van der Waals surface area contributed by atoms with Crippen LogP contribution in [0.5, 0.6) is 0 Å². The van der Waals surface area contributed by atoms with Crippen LogP contribution in [-0.2, 0) is 4.74 Å². The summed E-state index contributed by atoms with van der Waals surface area (Å²) in [4.78, 5) is 0. The van der Waals surface area contributed by atoms with E-state index in [4.69, 9.17) is 14.9 Å². The fraction of sp³-hybridized carbons (Fsp3) is 1.00. The zero-order valence-corrected chi connectivity index (χ0v) is 5.53. The molecule has 0 bridgehead atoms. The molecule has 4 nitrogen and oxygen atoms in total. The van der Waals surface area contributed by atoms with Gasteiger partial charge in [0, 0.05) is 6.04 Å². The predicted molar refractivity (Wildman–Crippen MR) is 33.0 cm³/mol. The second-order valence-electron chi connectivity index (χ2n) is 2.86. The molecule has 0 saturated carbocycles. The third-order valence-corrected chi connectivity index (χ3v) is 2.06. The van der Waals surface area contributed by atoms with E-state index in [1.807, 2.05) is 0 Å². The van der Waals surface area contributed by atoms with Gasteiger partial charge in [-0.25, -0.2) is 0 Å². The third kappa shape index (κ3) is 1.03. The number of ether oxygens (including phenoxy) is 1. The fourth-order valence-corrected chi connectivity index (χ4v) is 1.42. The quantitative estimate of drug-likeness (QED) is 0.404. The zero-order chi connectivity index (χ0) is 7.14. The molecule has 2 saturated heterocycles. The molecule has 4 heteroatoms. The van der Waals surface area contributed by atoms with Gasteiger partial charge in [-0.1, -0.05) is 0 Å². The summed E-state index contributed by atoms with van der Waals surface area (Å²) in [6.45, 7) is 0. The van der Waals surface area contributed by atoms with E-state index in [1.54, 1.807) is 0 Å². The minimum Gasteiger partial charge on any atom is -0.379 e. The van der Waals surface area contributed by atoms with E-state index < -0.39 is 12.5 Å². The van der Waals surface area contributed by atoms with Crippen LogP contribution in [0.1, 0.15) is 12.8 Å². The minimum atomic E-state index is -0.595. The third-order valence-electron chi connectivity index (χ3n) is 2.06. The Morgan fingerprint density at radius 3 is 2.40 bits per heavy atom. The Morgan fingerprint density at radius 2 is 2.00 bits per heavy atom. The second kappa shape index (κ2) is 2.17. The van der Waals surface area contributed by atoms with Crippen molar-refractivity contribution in [3.8, 4) is 0 Å². The van der Waals surface area contributed by atoms with Crippen LogP contribution < -0.4 is 5.32 Å². The van der Waals surface area contributed by atoms with Crippen molar-refractivity contribution in [2.24, 2.45) is 0 Å². The molecule has 0 aromatic rings. The van der Waals surface area contributed by atoms with Gasteiger partial charge in [0.1, 0.15) is 12.3 Å². The van der Waals surface area contributed by atoms with E-state index in [-0.39, 0.29) is 12.1 Å². The maximum atomic E-state index is 9.01. The molecule has 0 radical (unpaired) electrons. The van der Waals surface area contributed by atoms with Gasteiger partial charge < -0.3 is 14.9 Å². The zero-order valence-electron chi connectivity index (χ0n) is 5.53. The lowest BCUT2D eigenvalue weighted by atomic mass is 10.2. The molecule has 0 spiro atoms. The maximum Gasteiger partial charge on any atom is 0.183 e. The first-order chi connectivity index (χ1) is 4.77. The SMILES string of the molecule is OC1CCC(C2OC2O)N1. The largest absolute Gasteiger partial charge is 0.379 e. The van der Waals surface area contributed by atoms with E-state index in [1.165, 1.54) is 0 Å². The van der Waals surface area contributed by atoms with Gasteiger partial charge in [0.05, 0.1) is 0 Å². The highest BCUT2D eigenvalue weighted by molar-refractivity contribution is 4.92. The Morgan fingerprint density at radius 1 is 1.30 bits per heavy atom. The van der Waals surface area contributed by atoms with Gasteiger partial charge in [0.2, 0.25) is 0 Å². The van der Waals surface area contributed by atoms with Crippen LogP contribution in [0.2, 0.25) is 0 Å². The van der Waals surface area contributed by atoms with Crippen molar-refractivity contribution in [3.63, 3.8) is 0 Å². The Hall–Kier alpha value is -0.160. The Balaban J connectivity index is 1.85. The highest BCUT2D eigenvalue weighted by atomic mass is 16.7. The highest BCUT2D eigenvalue weighted by Crippen LogP contribution is 2.28. The smallest absolute Gasteiger partial charge is 0.183 e. The molecule has 4 unspecified atom stereocenters. The molecule has 4 atom stereocenters. The van der Waals surface area contributed by atoms with Gasteiger partial charge >= 0.3 is 0 Å².